The Labute approximate surface area is 109 Å². The van der Waals surface area contributed by atoms with E-state index in [0.717, 1.165) is 32.5 Å². The van der Waals surface area contributed by atoms with Crippen LogP contribution in [0.4, 0.5) is 0 Å². The third-order valence-corrected chi connectivity index (χ3v) is 4.17. The summed E-state index contributed by atoms with van der Waals surface area (Å²) in [4.78, 5) is 27.7. The Morgan fingerprint density at radius 2 is 1.78 bits per heavy atom. The van der Waals surface area contributed by atoms with Gasteiger partial charge in [-0.2, -0.15) is 0 Å². The minimum Gasteiger partial charge on any atom is -0.339 e. The van der Waals surface area contributed by atoms with Gasteiger partial charge in [0, 0.05) is 18.5 Å². The quantitative estimate of drug-likeness (QED) is 0.740. The zero-order chi connectivity index (χ0) is 13.1. The number of amides is 1. The number of Topliss-reactive ketones (excluding diaryl/α,β-unsaturated/α-hetero) is 1. The molecule has 1 heterocycles. The molecule has 0 spiro atoms. The fourth-order valence-electron chi connectivity index (χ4n) is 2.80. The van der Waals surface area contributed by atoms with E-state index < -0.39 is 0 Å². The van der Waals surface area contributed by atoms with Crippen molar-refractivity contribution in [3.8, 4) is 0 Å². The molecule has 1 aliphatic heterocycles. The van der Waals surface area contributed by atoms with Gasteiger partial charge in [0.25, 0.3) is 0 Å². The normalized spacial score (nSPS) is 21.9. The molecule has 0 aromatic carbocycles. The summed E-state index contributed by atoms with van der Waals surface area (Å²) in [5.41, 5.74) is 0. The molecule has 102 valence electrons. The van der Waals surface area contributed by atoms with Gasteiger partial charge in [-0.3, -0.25) is 14.5 Å². The molecular weight excluding hydrogens is 228 g/mol. The highest BCUT2D eigenvalue weighted by Gasteiger charge is 2.32. The van der Waals surface area contributed by atoms with E-state index in [1.54, 1.807) is 6.92 Å². The van der Waals surface area contributed by atoms with Crippen molar-refractivity contribution in [3.63, 3.8) is 0 Å². The first-order valence-electron chi connectivity index (χ1n) is 7.14. The van der Waals surface area contributed by atoms with Crippen molar-refractivity contribution in [2.45, 2.75) is 45.6 Å². The molecule has 0 aromatic heterocycles. The summed E-state index contributed by atoms with van der Waals surface area (Å²) in [7, 11) is 0. The maximum atomic E-state index is 12.2. The van der Waals surface area contributed by atoms with Gasteiger partial charge in [0.05, 0.1) is 6.54 Å². The molecule has 18 heavy (non-hydrogen) atoms. The van der Waals surface area contributed by atoms with E-state index in [1.165, 1.54) is 12.8 Å². The molecule has 2 fully saturated rings. The number of nitrogens with zero attached hydrogens (tertiary/aromatic N) is 2. The lowest BCUT2D eigenvalue weighted by Crippen LogP contribution is -2.44. The third kappa shape index (κ3) is 3.31. The standard InChI is InChI=1S/C14H24N2O2/c1-3-16(13-4-5-13)14(18)10-15-8-6-12(7-9-15)11(2)17/h12-13H,3-10H2,1-2H3. The highest BCUT2D eigenvalue weighted by Crippen LogP contribution is 2.27. The minimum absolute atomic E-state index is 0.224. The lowest BCUT2D eigenvalue weighted by Gasteiger charge is -2.32. The van der Waals surface area contributed by atoms with Crippen LogP contribution in [0, 0.1) is 5.92 Å². The molecule has 0 unspecified atom stereocenters. The second kappa shape index (κ2) is 5.83. The predicted octanol–water partition coefficient (Wildman–Crippen LogP) is 1.30. The van der Waals surface area contributed by atoms with Crippen LogP contribution in [0.5, 0.6) is 0 Å². The number of carbonyl (C=O) groups is 2. The third-order valence-electron chi connectivity index (χ3n) is 4.17. The second-order valence-electron chi connectivity index (χ2n) is 5.57. The van der Waals surface area contributed by atoms with E-state index in [4.69, 9.17) is 0 Å². The van der Waals surface area contributed by atoms with Gasteiger partial charge >= 0.3 is 0 Å². The number of likely N-dealkylation sites (N-methyl/N-ethyl adjacent to an activating group) is 1. The monoisotopic (exact) mass is 252 g/mol. The summed E-state index contributed by atoms with van der Waals surface area (Å²) in [5.74, 6) is 0.789. The Bertz CT molecular complexity index is 318. The van der Waals surface area contributed by atoms with Crippen LogP contribution in [0.1, 0.15) is 39.5 Å². The van der Waals surface area contributed by atoms with Gasteiger partial charge in [-0.15, -0.1) is 0 Å². The fourth-order valence-corrected chi connectivity index (χ4v) is 2.80. The molecule has 2 aliphatic rings. The average molecular weight is 252 g/mol. The van der Waals surface area contributed by atoms with Crippen LogP contribution in [0.2, 0.25) is 0 Å². The zero-order valence-corrected chi connectivity index (χ0v) is 11.5. The van der Waals surface area contributed by atoms with Crippen LogP contribution in [-0.4, -0.2) is 53.7 Å². The number of rotatable bonds is 5. The largest absolute Gasteiger partial charge is 0.339 e. The van der Waals surface area contributed by atoms with Crippen molar-refractivity contribution in [3.05, 3.63) is 0 Å². The topological polar surface area (TPSA) is 40.6 Å². The average Bonchev–Trinajstić information content (AvgIpc) is 3.15. The van der Waals surface area contributed by atoms with Gasteiger partial charge in [-0.1, -0.05) is 0 Å². The first-order valence-corrected chi connectivity index (χ1v) is 7.14. The van der Waals surface area contributed by atoms with E-state index in [1.807, 2.05) is 4.90 Å². The minimum atomic E-state index is 0.224. The van der Waals surface area contributed by atoms with Crippen LogP contribution in [0.25, 0.3) is 0 Å². The molecule has 0 radical (unpaired) electrons. The number of hydrogen-bond acceptors (Lipinski definition) is 3. The molecule has 0 atom stereocenters. The zero-order valence-electron chi connectivity index (χ0n) is 11.5. The molecule has 0 bridgehead atoms. The summed E-state index contributed by atoms with van der Waals surface area (Å²) in [6.45, 7) is 6.87. The lowest BCUT2D eigenvalue weighted by atomic mass is 9.93. The molecule has 1 amide bonds. The first kappa shape index (κ1) is 13.5. The number of piperidine rings is 1. The lowest BCUT2D eigenvalue weighted by molar-refractivity contribution is -0.133. The van der Waals surface area contributed by atoms with Gasteiger partial charge in [-0.05, 0) is 52.6 Å². The Morgan fingerprint density at radius 3 is 2.22 bits per heavy atom. The molecule has 4 nitrogen and oxygen atoms in total. The SMILES string of the molecule is CCN(C(=O)CN1CCC(C(C)=O)CC1)C1CC1. The van der Waals surface area contributed by atoms with Crippen molar-refractivity contribution >= 4 is 11.7 Å². The first-order chi connectivity index (χ1) is 8.61. The Hall–Kier alpha value is -0.900. The van der Waals surface area contributed by atoms with Crippen LogP contribution < -0.4 is 0 Å². The molecule has 0 N–H and O–H groups in total. The highest BCUT2D eigenvalue weighted by atomic mass is 16.2. The van der Waals surface area contributed by atoms with Gasteiger partial charge in [0.1, 0.15) is 5.78 Å². The van der Waals surface area contributed by atoms with Gasteiger partial charge in [0.2, 0.25) is 5.91 Å². The highest BCUT2D eigenvalue weighted by molar-refractivity contribution is 5.79. The van der Waals surface area contributed by atoms with Crippen molar-refractivity contribution in [1.82, 2.24) is 9.80 Å². The predicted molar refractivity (Wildman–Crippen MR) is 70.3 cm³/mol. The molecule has 0 aromatic rings. The van der Waals surface area contributed by atoms with Crippen LogP contribution in [0.3, 0.4) is 0 Å². The summed E-state index contributed by atoms with van der Waals surface area (Å²) in [6.07, 6.45) is 4.17. The van der Waals surface area contributed by atoms with Crippen molar-refractivity contribution in [2.75, 3.05) is 26.2 Å². The van der Waals surface area contributed by atoms with Crippen molar-refractivity contribution in [2.24, 2.45) is 5.92 Å². The van der Waals surface area contributed by atoms with Crippen molar-refractivity contribution < 1.29 is 9.59 Å². The summed E-state index contributed by atoms with van der Waals surface area (Å²) < 4.78 is 0. The Balaban J connectivity index is 1.76. The van der Waals surface area contributed by atoms with Gasteiger partial charge in [0.15, 0.2) is 0 Å². The number of hydrogen-bond donors (Lipinski definition) is 0. The molecule has 2 rings (SSSR count). The van der Waals surface area contributed by atoms with Gasteiger partial charge < -0.3 is 4.90 Å². The maximum Gasteiger partial charge on any atom is 0.236 e. The number of carbonyl (C=O) groups excluding carboxylic acids is 2. The molecule has 1 saturated carbocycles. The van der Waals surface area contributed by atoms with Crippen LogP contribution in [-0.2, 0) is 9.59 Å². The summed E-state index contributed by atoms with van der Waals surface area (Å²) in [5, 5.41) is 0. The van der Waals surface area contributed by atoms with E-state index in [2.05, 4.69) is 11.8 Å². The Kier molecular flexibility index (Phi) is 4.38. The molecular formula is C14H24N2O2. The maximum absolute atomic E-state index is 12.2. The van der Waals surface area contributed by atoms with E-state index >= 15 is 0 Å². The fraction of sp³-hybridized carbons (Fsp3) is 0.857. The molecule has 4 heteroatoms. The van der Waals surface area contributed by atoms with Gasteiger partial charge in [-0.25, -0.2) is 0 Å². The molecule has 1 aliphatic carbocycles. The number of ketones is 1. The van der Waals surface area contributed by atoms with E-state index in [-0.39, 0.29) is 11.8 Å². The number of likely N-dealkylation sites (tertiary alicyclic amines) is 1. The summed E-state index contributed by atoms with van der Waals surface area (Å²) >= 11 is 0. The van der Waals surface area contributed by atoms with Crippen LogP contribution in [0.15, 0.2) is 0 Å². The van der Waals surface area contributed by atoms with E-state index in [9.17, 15) is 9.59 Å². The van der Waals surface area contributed by atoms with Crippen LogP contribution >= 0.6 is 0 Å². The second-order valence-corrected chi connectivity index (χ2v) is 5.57. The summed E-state index contributed by atoms with van der Waals surface area (Å²) in [6, 6.07) is 0.511. The van der Waals surface area contributed by atoms with Crippen molar-refractivity contribution in [1.29, 1.82) is 0 Å². The van der Waals surface area contributed by atoms with E-state index in [0.29, 0.717) is 18.4 Å². The molecule has 1 saturated heterocycles. The smallest absolute Gasteiger partial charge is 0.236 e. The Morgan fingerprint density at radius 1 is 1.17 bits per heavy atom.